The molecule has 0 fully saturated rings. The van der Waals surface area contributed by atoms with Gasteiger partial charge in [-0.25, -0.2) is 4.39 Å². The molecule has 3 nitrogen and oxygen atoms in total. The molecule has 2 N–H and O–H groups in total. The largest absolute Gasteiger partial charge is 0.394 e. The highest BCUT2D eigenvalue weighted by Crippen LogP contribution is 2.15. The molecule has 1 amide bonds. The van der Waals surface area contributed by atoms with Gasteiger partial charge in [0.05, 0.1) is 17.7 Å². The first-order valence-electron chi connectivity index (χ1n) is 5.80. The highest BCUT2D eigenvalue weighted by Gasteiger charge is 2.15. The third kappa shape index (κ3) is 4.27. The monoisotopic (exact) mass is 273 g/mol. The second-order valence-electron chi connectivity index (χ2n) is 4.61. The first-order chi connectivity index (χ1) is 8.43. The Balaban J connectivity index is 2.71. The molecule has 1 rings (SSSR count). The van der Waals surface area contributed by atoms with E-state index in [-0.39, 0.29) is 23.2 Å². The Hall–Kier alpha value is -1.13. The van der Waals surface area contributed by atoms with Crippen molar-refractivity contribution < 1.29 is 14.3 Å². The molecule has 1 aromatic rings. The lowest BCUT2D eigenvalue weighted by Gasteiger charge is -2.18. The summed E-state index contributed by atoms with van der Waals surface area (Å²) in [6.07, 6.45) is 0.665. The van der Waals surface area contributed by atoms with Gasteiger partial charge in [-0.2, -0.15) is 0 Å². The number of aliphatic hydroxyl groups is 1. The summed E-state index contributed by atoms with van der Waals surface area (Å²) in [5, 5.41) is 11.8. The average molecular weight is 274 g/mol. The number of amides is 1. The van der Waals surface area contributed by atoms with Crippen molar-refractivity contribution in [3.8, 4) is 0 Å². The fraction of sp³-hybridized carbons (Fsp3) is 0.462. The molecule has 0 aliphatic rings. The summed E-state index contributed by atoms with van der Waals surface area (Å²) in [6, 6.07) is 3.55. The minimum atomic E-state index is -0.631. The van der Waals surface area contributed by atoms with Crippen molar-refractivity contribution in [2.45, 2.75) is 26.3 Å². The maximum Gasteiger partial charge on any atom is 0.251 e. The van der Waals surface area contributed by atoms with Crippen LogP contribution in [0, 0.1) is 11.7 Å². The van der Waals surface area contributed by atoms with Crippen molar-refractivity contribution in [2.75, 3.05) is 6.61 Å². The van der Waals surface area contributed by atoms with E-state index in [9.17, 15) is 9.18 Å². The van der Waals surface area contributed by atoms with Gasteiger partial charge in [-0.1, -0.05) is 25.4 Å². The molecule has 5 heteroatoms. The Morgan fingerprint density at radius 1 is 1.50 bits per heavy atom. The first kappa shape index (κ1) is 14.9. The molecule has 1 atom stereocenters. The maximum absolute atomic E-state index is 13.2. The Bertz CT molecular complexity index is 423. The smallest absolute Gasteiger partial charge is 0.251 e. The Morgan fingerprint density at radius 2 is 2.17 bits per heavy atom. The van der Waals surface area contributed by atoms with Crippen LogP contribution in [0.1, 0.15) is 30.6 Å². The van der Waals surface area contributed by atoms with Gasteiger partial charge in [-0.05, 0) is 30.5 Å². The predicted octanol–water partition coefficient (Wildman–Crippen LogP) is 2.62. The van der Waals surface area contributed by atoms with E-state index < -0.39 is 11.7 Å². The fourth-order valence-electron chi connectivity index (χ4n) is 1.65. The van der Waals surface area contributed by atoms with Gasteiger partial charge in [0.1, 0.15) is 5.82 Å². The average Bonchev–Trinajstić information content (AvgIpc) is 2.31. The number of carbonyl (C=O) groups excluding carboxylic acids is 1. The highest BCUT2D eigenvalue weighted by molar-refractivity contribution is 6.30. The van der Waals surface area contributed by atoms with Crippen LogP contribution in [-0.2, 0) is 0 Å². The van der Waals surface area contributed by atoms with E-state index in [0.29, 0.717) is 12.3 Å². The molecule has 0 bridgehead atoms. The van der Waals surface area contributed by atoms with Crippen LogP contribution in [-0.4, -0.2) is 23.7 Å². The quantitative estimate of drug-likeness (QED) is 0.866. The third-order valence-corrected chi connectivity index (χ3v) is 2.80. The number of rotatable bonds is 5. The SMILES string of the molecule is CC(C)CC(CO)NC(=O)c1ccc(Cl)c(F)c1. The van der Waals surface area contributed by atoms with Gasteiger partial charge in [0.15, 0.2) is 0 Å². The summed E-state index contributed by atoms with van der Waals surface area (Å²) in [5.41, 5.74) is 0.194. The Labute approximate surface area is 111 Å². The summed E-state index contributed by atoms with van der Waals surface area (Å²) >= 11 is 5.54. The number of carbonyl (C=O) groups is 1. The minimum Gasteiger partial charge on any atom is -0.394 e. The van der Waals surface area contributed by atoms with Crippen LogP contribution >= 0.6 is 11.6 Å². The summed E-state index contributed by atoms with van der Waals surface area (Å²) in [7, 11) is 0. The van der Waals surface area contributed by atoms with Crippen LogP contribution < -0.4 is 5.32 Å². The predicted molar refractivity (Wildman–Crippen MR) is 69.2 cm³/mol. The van der Waals surface area contributed by atoms with Crippen LogP contribution in [0.2, 0.25) is 5.02 Å². The lowest BCUT2D eigenvalue weighted by atomic mass is 10.0. The summed E-state index contributed by atoms with van der Waals surface area (Å²) in [4.78, 5) is 11.8. The molecule has 1 aromatic carbocycles. The number of benzene rings is 1. The van der Waals surface area contributed by atoms with Gasteiger partial charge >= 0.3 is 0 Å². The zero-order valence-corrected chi connectivity index (χ0v) is 11.2. The lowest BCUT2D eigenvalue weighted by Crippen LogP contribution is -2.38. The summed E-state index contributed by atoms with van der Waals surface area (Å²) in [5.74, 6) is -0.691. The molecule has 0 heterocycles. The van der Waals surface area contributed by atoms with Crippen molar-refractivity contribution in [2.24, 2.45) is 5.92 Å². The third-order valence-electron chi connectivity index (χ3n) is 2.49. The second kappa shape index (κ2) is 6.71. The van der Waals surface area contributed by atoms with Crippen LogP contribution in [0.3, 0.4) is 0 Å². The summed E-state index contributed by atoms with van der Waals surface area (Å²) in [6.45, 7) is 3.85. The molecule has 0 aliphatic heterocycles. The number of hydrogen-bond acceptors (Lipinski definition) is 2. The van der Waals surface area contributed by atoms with Gasteiger partial charge in [0.2, 0.25) is 0 Å². The number of aliphatic hydroxyl groups excluding tert-OH is 1. The molecule has 18 heavy (non-hydrogen) atoms. The zero-order chi connectivity index (χ0) is 13.7. The van der Waals surface area contributed by atoms with E-state index in [2.05, 4.69) is 5.32 Å². The molecule has 0 saturated heterocycles. The first-order valence-corrected chi connectivity index (χ1v) is 6.18. The second-order valence-corrected chi connectivity index (χ2v) is 5.02. The Morgan fingerprint density at radius 3 is 2.67 bits per heavy atom. The Kier molecular flexibility index (Phi) is 5.56. The standard InChI is InChI=1S/C13H17ClFNO2/c1-8(2)5-10(7-17)16-13(18)9-3-4-11(14)12(15)6-9/h3-4,6,8,10,17H,5,7H2,1-2H3,(H,16,18). The van der Waals surface area contributed by atoms with Crippen LogP contribution in [0.5, 0.6) is 0 Å². The van der Waals surface area contributed by atoms with Gasteiger partial charge in [0.25, 0.3) is 5.91 Å². The molecule has 0 radical (unpaired) electrons. The lowest BCUT2D eigenvalue weighted by molar-refractivity contribution is 0.0908. The molecule has 0 spiro atoms. The molecular weight excluding hydrogens is 257 g/mol. The molecule has 0 saturated carbocycles. The topological polar surface area (TPSA) is 49.3 Å². The summed E-state index contributed by atoms with van der Waals surface area (Å²) < 4.78 is 13.2. The van der Waals surface area contributed by atoms with Crippen LogP contribution in [0.4, 0.5) is 4.39 Å². The van der Waals surface area contributed by atoms with Crippen molar-refractivity contribution >= 4 is 17.5 Å². The van der Waals surface area contributed by atoms with Crippen LogP contribution in [0.15, 0.2) is 18.2 Å². The zero-order valence-electron chi connectivity index (χ0n) is 10.4. The van der Waals surface area contributed by atoms with E-state index in [0.717, 1.165) is 6.07 Å². The van der Waals surface area contributed by atoms with E-state index in [4.69, 9.17) is 16.7 Å². The molecular formula is C13H17ClFNO2. The molecule has 1 unspecified atom stereocenters. The van der Waals surface area contributed by atoms with Crippen LogP contribution in [0.25, 0.3) is 0 Å². The molecule has 100 valence electrons. The minimum absolute atomic E-state index is 0.0209. The van der Waals surface area contributed by atoms with Crippen molar-refractivity contribution in [1.29, 1.82) is 0 Å². The van der Waals surface area contributed by atoms with Gasteiger partial charge in [0, 0.05) is 5.56 Å². The van der Waals surface area contributed by atoms with Crippen molar-refractivity contribution in [3.63, 3.8) is 0 Å². The number of nitrogens with one attached hydrogen (secondary N) is 1. The van der Waals surface area contributed by atoms with E-state index in [1.807, 2.05) is 13.8 Å². The molecule has 0 aromatic heterocycles. The van der Waals surface area contributed by atoms with E-state index in [1.54, 1.807) is 0 Å². The van der Waals surface area contributed by atoms with Gasteiger partial charge in [-0.3, -0.25) is 4.79 Å². The van der Waals surface area contributed by atoms with Gasteiger partial charge < -0.3 is 10.4 Å². The van der Waals surface area contributed by atoms with Gasteiger partial charge in [-0.15, -0.1) is 0 Å². The number of hydrogen-bond donors (Lipinski definition) is 2. The fourth-order valence-corrected chi connectivity index (χ4v) is 1.77. The van der Waals surface area contributed by atoms with Crippen molar-refractivity contribution in [1.82, 2.24) is 5.32 Å². The van der Waals surface area contributed by atoms with Crippen molar-refractivity contribution in [3.05, 3.63) is 34.6 Å². The molecule has 0 aliphatic carbocycles. The maximum atomic E-state index is 13.2. The highest BCUT2D eigenvalue weighted by atomic mass is 35.5. The van der Waals surface area contributed by atoms with E-state index in [1.165, 1.54) is 12.1 Å². The number of halogens is 2. The normalized spacial score (nSPS) is 12.6. The van der Waals surface area contributed by atoms with E-state index >= 15 is 0 Å².